The van der Waals surface area contributed by atoms with E-state index in [2.05, 4.69) is 10.1 Å². The minimum Gasteiger partial charge on any atom is -0.337 e. The summed E-state index contributed by atoms with van der Waals surface area (Å²) < 4.78 is 3.04. The fourth-order valence-electron chi connectivity index (χ4n) is 3.81. The highest BCUT2D eigenvalue weighted by Gasteiger charge is 2.31. The first-order chi connectivity index (χ1) is 13.5. The number of hydrogen-bond acceptors (Lipinski definition) is 5. The molecule has 0 aliphatic carbocycles. The number of thiazole rings is 1. The zero-order chi connectivity index (χ0) is 19.8. The predicted molar refractivity (Wildman–Crippen MR) is 108 cm³/mol. The second kappa shape index (κ2) is 7.35. The number of nitrogens with zero attached hydrogens (tertiary/aromatic N) is 5. The van der Waals surface area contributed by atoms with Crippen LogP contribution < -0.4 is 5.69 Å². The number of aromatic nitrogens is 4. The van der Waals surface area contributed by atoms with Crippen LogP contribution in [0.2, 0.25) is 0 Å². The molecule has 7 nitrogen and oxygen atoms in total. The Labute approximate surface area is 167 Å². The van der Waals surface area contributed by atoms with E-state index in [-0.39, 0.29) is 17.5 Å². The summed E-state index contributed by atoms with van der Waals surface area (Å²) in [6.07, 6.45) is 1.78. The molecule has 1 fully saturated rings. The number of hydrogen-bond donors (Lipinski definition) is 0. The highest BCUT2D eigenvalue weighted by molar-refractivity contribution is 7.13. The summed E-state index contributed by atoms with van der Waals surface area (Å²) in [7, 11) is 1.67. The predicted octanol–water partition coefficient (Wildman–Crippen LogP) is 2.66. The fraction of sp³-hybridized carbons (Fsp3) is 0.400. The third-order valence-corrected chi connectivity index (χ3v) is 6.20. The van der Waals surface area contributed by atoms with Crippen LogP contribution in [0.4, 0.5) is 0 Å². The van der Waals surface area contributed by atoms with Gasteiger partial charge in [-0.05, 0) is 38.8 Å². The van der Waals surface area contributed by atoms with Crippen molar-refractivity contribution in [3.8, 4) is 5.69 Å². The van der Waals surface area contributed by atoms with Gasteiger partial charge in [-0.1, -0.05) is 18.2 Å². The molecule has 0 unspecified atom stereocenters. The quantitative estimate of drug-likeness (QED) is 0.681. The van der Waals surface area contributed by atoms with Gasteiger partial charge in [0, 0.05) is 26.1 Å². The summed E-state index contributed by atoms with van der Waals surface area (Å²) in [6.45, 7) is 5.07. The standard InChI is InChI=1S/C20H23N5O2S/c1-13-17(28-14(2)21-13)19(26)24-11-7-8-15(12-24)18-22-23(3)20(27)25(18)16-9-5-4-6-10-16/h4-6,9-10,15H,7-8,11-12H2,1-3H3/t15-/m1/s1. The van der Waals surface area contributed by atoms with Gasteiger partial charge < -0.3 is 4.90 Å². The third kappa shape index (κ3) is 3.28. The van der Waals surface area contributed by atoms with Crippen LogP contribution in [-0.2, 0) is 7.05 Å². The van der Waals surface area contributed by atoms with Crippen molar-refractivity contribution in [2.24, 2.45) is 7.05 Å². The van der Waals surface area contributed by atoms with E-state index in [4.69, 9.17) is 0 Å². The van der Waals surface area contributed by atoms with Gasteiger partial charge in [0.15, 0.2) is 0 Å². The maximum atomic E-state index is 13.0. The maximum Gasteiger partial charge on any atom is 0.350 e. The first kappa shape index (κ1) is 18.6. The monoisotopic (exact) mass is 397 g/mol. The molecule has 28 heavy (non-hydrogen) atoms. The molecule has 0 spiro atoms. The Hall–Kier alpha value is -2.74. The Bertz CT molecular complexity index is 1070. The Balaban J connectivity index is 1.66. The van der Waals surface area contributed by atoms with Crippen LogP contribution in [0, 0.1) is 13.8 Å². The fourth-order valence-corrected chi connectivity index (χ4v) is 4.70. The Morgan fingerprint density at radius 1 is 1.21 bits per heavy atom. The number of aryl methyl sites for hydroxylation is 3. The normalized spacial score (nSPS) is 17.1. The summed E-state index contributed by atoms with van der Waals surface area (Å²) in [5.74, 6) is 0.756. The van der Waals surface area contributed by atoms with E-state index in [0.29, 0.717) is 23.8 Å². The average Bonchev–Trinajstić information content (AvgIpc) is 3.20. The molecule has 0 N–H and O–H groups in total. The SMILES string of the molecule is Cc1nc(C)c(C(=O)N2CCC[C@@H](c3nn(C)c(=O)n3-c3ccccc3)C2)s1. The van der Waals surface area contributed by atoms with Crippen molar-refractivity contribution in [3.63, 3.8) is 0 Å². The number of likely N-dealkylation sites (tertiary alicyclic amines) is 1. The van der Waals surface area contributed by atoms with Crippen molar-refractivity contribution in [3.05, 3.63) is 62.2 Å². The molecule has 2 aromatic heterocycles. The highest BCUT2D eigenvalue weighted by Crippen LogP contribution is 2.29. The molecule has 0 bridgehead atoms. The largest absolute Gasteiger partial charge is 0.350 e. The second-order valence-electron chi connectivity index (χ2n) is 7.17. The van der Waals surface area contributed by atoms with Crippen LogP contribution in [0.5, 0.6) is 0 Å². The minimum absolute atomic E-state index is 0.0149. The van der Waals surface area contributed by atoms with Gasteiger partial charge in [-0.3, -0.25) is 4.79 Å². The van der Waals surface area contributed by atoms with Gasteiger partial charge in [0.25, 0.3) is 5.91 Å². The molecule has 1 aliphatic rings. The lowest BCUT2D eigenvalue weighted by Gasteiger charge is -2.32. The summed E-state index contributed by atoms with van der Waals surface area (Å²) >= 11 is 1.44. The molecule has 1 aliphatic heterocycles. The third-order valence-electron chi connectivity index (χ3n) is 5.14. The van der Waals surface area contributed by atoms with Crippen LogP contribution in [0.3, 0.4) is 0 Å². The van der Waals surface area contributed by atoms with E-state index in [0.717, 1.165) is 29.2 Å². The highest BCUT2D eigenvalue weighted by atomic mass is 32.1. The van der Waals surface area contributed by atoms with Crippen molar-refractivity contribution in [2.45, 2.75) is 32.6 Å². The average molecular weight is 398 g/mol. The molecule has 0 radical (unpaired) electrons. The molecule has 8 heteroatoms. The van der Waals surface area contributed by atoms with Crippen molar-refractivity contribution in [2.75, 3.05) is 13.1 Å². The van der Waals surface area contributed by atoms with E-state index in [1.165, 1.54) is 16.0 Å². The number of carbonyl (C=O) groups excluding carboxylic acids is 1. The van der Waals surface area contributed by atoms with Gasteiger partial charge >= 0.3 is 5.69 Å². The van der Waals surface area contributed by atoms with Gasteiger partial charge in [0.1, 0.15) is 10.7 Å². The van der Waals surface area contributed by atoms with Crippen LogP contribution in [0.1, 0.15) is 45.0 Å². The zero-order valence-corrected chi connectivity index (χ0v) is 17.1. The van der Waals surface area contributed by atoms with Crippen LogP contribution in [0.15, 0.2) is 35.1 Å². The Kier molecular flexibility index (Phi) is 4.89. The number of benzene rings is 1. The van der Waals surface area contributed by atoms with Crippen LogP contribution in [0.25, 0.3) is 5.69 Å². The minimum atomic E-state index is -0.168. The van der Waals surface area contributed by atoms with Crippen LogP contribution in [-0.4, -0.2) is 43.2 Å². The molecule has 3 heterocycles. The number of amides is 1. The molecule has 1 saturated heterocycles. The molecule has 4 rings (SSSR count). The van der Waals surface area contributed by atoms with Crippen molar-refractivity contribution >= 4 is 17.2 Å². The van der Waals surface area contributed by atoms with E-state index in [9.17, 15) is 9.59 Å². The van der Waals surface area contributed by atoms with E-state index in [1.807, 2.05) is 49.1 Å². The van der Waals surface area contributed by atoms with E-state index >= 15 is 0 Å². The number of para-hydroxylation sites is 1. The maximum absolute atomic E-state index is 13.0. The number of carbonyl (C=O) groups is 1. The van der Waals surface area contributed by atoms with Crippen molar-refractivity contribution in [1.29, 1.82) is 0 Å². The first-order valence-corrected chi connectivity index (χ1v) is 10.2. The summed E-state index contributed by atoms with van der Waals surface area (Å²) in [4.78, 5) is 32.7. The van der Waals surface area contributed by atoms with Crippen LogP contribution >= 0.6 is 11.3 Å². The molecule has 3 aromatic rings. The summed E-state index contributed by atoms with van der Waals surface area (Å²) in [5, 5.41) is 5.42. The number of rotatable bonds is 3. The topological polar surface area (TPSA) is 73.0 Å². The van der Waals surface area contributed by atoms with Gasteiger partial charge in [-0.25, -0.2) is 19.0 Å². The first-order valence-electron chi connectivity index (χ1n) is 9.40. The Morgan fingerprint density at radius 3 is 2.64 bits per heavy atom. The smallest absolute Gasteiger partial charge is 0.337 e. The van der Waals surface area contributed by atoms with Gasteiger partial charge in [-0.15, -0.1) is 11.3 Å². The molecule has 146 valence electrons. The zero-order valence-electron chi connectivity index (χ0n) is 16.3. The lowest BCUT2D eigenvalue weighted by atomic mass is 9.96. The van der Waals surface area contributed by atoms with Crippen molar-refractivity contribution < 1.29 is 4.79 Å². The molecular weight excluding hydrogens is 374 g/mol. The molecule has 1 atom stereocenters. The molecule has 0 saturated carbocycles. The van der Waals surface area contributed by atoms with Gasteiger partial charge in [0.05, 0.1) is 16.4 Å². The Morgan fingerprint density at radius 2 is 1.96 bits per heavy atom. The molecule has 1 aromatic carbocycles. The summed E-state index contributed by atoms with van der Waals surface area (Å²) in [5.41, 5.74) is 1.42. The second-order valence-corrected chi connectivity index (χ2v) is 8.38. The lowest BCUT2D eigenvalue weighted by Crippen LogP contribution is -2.40. The molecule has 1 amide bonds. The lowest BCUT2D eigenvalue weighted by molar-refractivity contribution is 0.0708. The van der Waals surface area contributed by atoms with E-state index in [1.54, 1.807) is 11.6 Å². The molecular formula is C20H23N5O2S. The van der Waals surface area contributed by atoms with Gasteiger partial charge in [-0.2, -0.15) is 5.10 Å². The van der Waals surface area contributed by atoms with Crippen molar-refractivity contribution in [1.82, 2.24) is 24.2 Å². The van der Waals surface area contributed by atoms with Gasteiger partial charge in [0.2, 0.25) is 0 Å². The number of piperidine rings is 1. The summed E-state index contributed by atoms with van der Waals surface area (Å²) in [6, 6.07) is 9.54. The van der Waals surface area contributed by atoms with E-state index < -0.39 is 0 Å².